The lowest BCUT2D eigenvalue weighted by Crippen LogP contribution is -2.45. The van der Waals surface area contributed by atoms with Gasteiger partial charge in [-0.05, 0) is 35.2 Å². The molecule has 0 atom stereocenters. The van der Waals surface area contributed by atoms with E-state index in [1.807, 2.05) is 11.4 Å². The first-order chi connectivity index (χ1) is 8.18. The molecule has 0 bridgehead atoms. The molecule has 1 aromatic heterocycles. The topological polar surface area (TPSA) is 55.1 Å². The van der Waals surface area contributed by atoms with Gasteiger partial charge in [0.2, 0.25) is 5.91 Å². The van der Waals surface area contributed by atoms with Crippen molar-refractivity contribution in [1.29, 1.82) is 0 Å². The summed E-state index contributed by atoms with van der Waals surface area (Å²) in [6.07, 6.45) is 6.02. The van der Waals surface area contributed by atoms with Gasteiger partial charge >= 0.3 is 0 Å². The summed E-state index contributed by atoms with van der Waals surface area (Å²) in [7, 11) is 0. The number of nitrogens with two attached hydrogens (primary N) is 1. The van der Waals surface area contributed by atoms with E-state index >= 15 is 0 Å². The Kier molecular flexibility index (Phi) is 4.18. The molecule has 2 rings (SSSR count). The van der Waals surface area contributed by atoms with Gasteiger partial charge in [0.25, 0.3) is 0 Å². The third-order valence-corrected chi connectivity index (χ3v) is 4.16. The fourth-order valence-electron chi connectivity index (χ4n) is 2.41. The number of carbonyl (C=O) groups is 1. The second-order valence-corrected chi connectivity index (χ2v) is 5.79. The van der Waals surface area contributed by atoms with Crippen LogP contribution in [0.25, 0.3) is 0 Å². The molecule has 17 heavy (non-hydrogen) atoms. The minimum atomic E-state index is -0.253. The SMILES string of the molecule is NC1(CC(=O)NCc2ccsc2)CCCCC1. The predicted molar refractivity (Wildman–Crippen MR) is 70.8 cm³/mol. The van der Waals surface area contributed by atoms with Gasteiger partial charge in [-0.3, -0.25) is 4.79 Å². The summed E-state index contributed by atoms with van der Waals surface area (Å²) in [5.74, 6) is 0.0839. The lowest BCUT2D eigenvalue weighted by atomic mass is 9.80. The molecular weight excluding hydrogens is 232 g/mol. The molecule has 0 spiro atoms. The quantitative estimate of drug-likeness (QED) is 0.864. The molecule has 4 heteroatoms. The Hall–Kier alpha value is -0.870. The van der Waals surface area contributed by atoms with Gasteiger partial charge in [0, 0.05) is 18.5 Å². The zero-order valence-electron chi connectivity index (χ0n) is 10.1. The summed E-state index contributed by atoms with van der Waals surface area (Å²) in [6, 6.07) is 2.03. The molecule has 0 aliphatic heterocycles. The van der Waals surface area contributed by atoms with Crippen LogP contribution in [0.1, 0.15) is 44.1 Å². The molecule has 1 heterocycles. The molecule has 1 aromatic rings. The minimum absolute atomic E-state index is 0.0839. The number of amides is 1. The first-order valence-electron chi connectivity index (χ1n) is 6.25. The molecular formula is C13H20N2OS. The lowest BCUT2D eigenvalue weighted by Gasteiger charge is -2.32. The van der Waals surface area contributed by atoms with Crippen molar-refractivity contribution in [3.63, 3.8) is 0 Å². The molecule has 0 aromatic carbocycles. The Labute approximate surface area is 106 Å². The summed E-state index contributed by atoms with van der Waals surface area (Å²) in [5, 5.41) is 7.02. The highest BCUT2D eigenvalue weighted by atomic mass is 32.1. The zero-order valence-corrected chi connectivity index (χ0v) is 10.9. The number of nitrogens with one attached hydrogen (secondary N) is 1. The fraction of sp³-hybridized carbons (Fsp3) is 0.615. The van der Waals surface area contributed by atoms with Gasteiger partial charge < -0.3 is 11.1 Å². The Morgan fingerprint density at radius 2 is 2.18 bits per heavy atom. The van der Waals surface area contributed by atoms with Crippen molar-refractivity contribution in [3.8, 4) is 0 Å². The zero-order chi connectivity index (χ0) is 12.1. The van der Waals surface area contributed by atoms with E-state index in [2.05, 4.69) is 10.7 Å². The van der Waals surface area contributed by atoms with Crippen LogP contribution in [0, 0.1) is 0 Å². The van der Waals surface area contributed by atoms with Gasteiger partial charge in [0.05, 0.1) is 0 Å². The molecule has 3 N–H and O–H groups in total. The van der Waals surface area contributed by atoms with Crippen LogP contribution < -0.4 is 11.1 Å². The maximum Gasteiger partial charge on any atom is 0.222 e. The Morgan fingerprint density at radius 3 is 2.82 bits per heavy atom. The second-order valence-electron chi connectivity index (χ2n) is 5.01. The van der Waals surface area contributed by atoms with E-state index in [9.17, 15) is 4.79 Å². The Balaban J connectivity index is 1.76. The number of rotatable bonds is 4. The van der Waals surface area contributed by atoms with Gasteiger partial charge in [0.1, 0.15) is 0 Å². The van der Waals surface area contributed by atoms with Gasteiger partial charge in [-0.2, -0.15) is 11.3 Å². The normalized spacial score (nSPS) is 18.9. The molecule has 3 nitrogen and oxygen atoms in total. The largest absolute Gasteiger partial charge is 0.352 e. The Bertz CT molecular complexity index is 356. The highest BCUT2D eigenvalue weighted by Crippen LogP contribution is 2.28. The third kappa shape index (κ3) is 3.82. The summed E-state index contributed by atoms with van der Waals surface area (Å²) in [5.41, 5.74) is 7.16. The molecule has 1 amide bonds. The summed E-state index contributed by atoms with van der Waals surface area (Å²) in [4.78, 5) is 11.8. The summed E-state index contributed by atoms with van der Waals surface area (Å²) >= 11 is 1.65. The van der Waals surface area contributed by atoms with Crippen LogP contribution in [0.15, 0.2) is 16.8 Å². The van der Waals surface area contributed by atoms with Crippen molar-refractivity contribution in [1.82, 2.24) is 5.32 Å². The number of carbonyl (C=O) groups excluding carboxylic acids is 1. The standard InChI is InChI=1S/C13H20N2OS/c14-13(5-2-1-3-6-13)8-12(16)15-9-11-4-7-17-10-11/h4,7,10H,1-3,5-6,8-9,14H2,(H,15,16). The predicted octanol–water partition coefficient (Wildman–Crippen LogP) is 2.42. The fourth-order valence-corrected chi connectivity index (χ4v) is 3.08. The average Bonchev–Trinajstić information content (AvgIpc) is 2.79. The second kappa shape index (κ2) is 5.65. The van der Waals surface area contributed by atoms with Crippen LogP contribution in [0.5, 0.6) is 0 Å². The van der Waals surface area contributed by atoms with E-state index in [1.54, 1.807) is 11.3 Å². The van der Waals surface area contributed by atoms with Crippen molar-refractivity contribution in [2.75, 3.05) is 0 Å². The number of hydrogen-bond acceptors (Lipinski definition) is 3. The van der Waals surface area contributed by atoms with Crippen molar-refractivity contribution >= 4 is 17.2 Å². The lowest BCUT2D eigenvalue weighted by molar-refractivity contribution is -0.122. The van der Waals surface area contributed by atoms with E-state index in [1.165, 1.54) is 6.42 Å². The van der Waals surface area contributed by atoms with Crippen LogP contribution in [0.2, 0.25) is 0 Å². The van der Waals surface area contributed by atoms with Gasteiger partial charge in [0.15, 0.2) is 0 Å². The summed E-state index contributed by atoms with van der Waals surface area (Å²) < 4.78 is 0. The molecule has 1 aliphatic rings. The molecule has 0 unspecified atom stereocenters. The van der Waals surface area contributed by atoms with Gasteiger partial charge in [-0.1, -0.05) is 19.3 Å². The van der Waals surface area contributed by atoms with Crippen molar-refractivity contribution < 1.29 is 4.79 Å². The number of hydrogen-bond donors (Lipinski definition) is 2. The highest BCUT2D eigenvalue weighted by molar-refractivity contribution is 7.07. The first kappa shape index (κ1) is 12.6. The van der Waals surface area contributed by atoms with Crippen LogP contribution >= 0.6 is 11.3 Å². The van der Waals surface area contributed by atoms with E-state index < -0.39 is 0 Å². The monoisotopic (exact) mass is 252 g/mol. The molecule has 1 fully saturated rings. The van der Waals surface area contributed by atoms with Gasteiger partial charge in [-0.25, -0.2) is 0 Å². The Morgan fingerprint density at radius 1 is 1.41 bits per heavy atom. The molecule has 0 radical (unpaired) electrons. The first-order valence-corrected chi connectivity index (χ1v) is 7.19. The van der Waals surface area contributed by atoms with Gasteiger partial charge in [-0.15, -0.1) is 0 Å². The smallest absolute Gasteiger partial charge is 0.222 e. The molecule has 1 saturated carbocycles. The maximum atomic E-state index is 11.8. The van der Waals surface area contributed by atoms with Crippen LogP contribution in [0.3, 0.4) is 0 Å². The van der Waals surface area contributed by atoms with E-state index in [0.717, 1.165) is 31.2 Å². The highest BCUT2D eigenvalue weighted by Gasteiger charge is 2.29. The third-order valence-electron chi connectivity index (χ3n) is 3.43. The molecule has 1 aliphatic carbocycles. The van der Waals surface area contributed by atoms with E-state index in [0.29, 0.717) is 13.0 Å². The molecule has 94 valence electrons. The number of thiophene rings is 1. The van der Waals surface area contributed by atoms with Crippen molar-refractivity contribution in [3.05, 3.63) is 22.4 Å². The average molecular weight is 252 g/mol. The maximum absolute atomic E-state index is 11.8. The minimum Gasteiger partial charge on any atom is -0.352 e. The van der Waals surface area contributed by atoms with Crippen molar-refractivity contribution in [2.24, 2.45) is 5.73 Å². The van der Waals surface area contributed by atoms with Crippen LogP contribution in [-0.4, -0.2) is 11.4 Å². The van der Waals surface area contributed by atoms with Crippen LogP contribution in [0.4, 0.5) is 0 Å². The van der Waals surface area contributed by atoms with E-state index in [-0.39, 0.29) is 11.4 Å². The summed E-state index contributed by atoms with van der Waals surface area (Å²) in [6.45, 7) is 0.623. The van der Waals surface area contributed by atoms with Crippen molar-refractivity contribution in [2.45, 2.75) is 50.6 Å². The molecule has 0 saturated heterocycles. The van der Waals surface area contributed by atoms with Crippen LogP contribution in [-0.2, 0) is 11.3 Å². The van der Waals surface area contributed by atoms with E-state index in [4.69, 9.17) is 5.73 Å².